The summed E-state index contributed by atoms with van der Waals surface area (Å²) < 4.78 is 0. The summed E-state index contributed by atoms with van der Waals surface area (Å²) in [4.78, 5) is 20.9. The lowest BCUT2D eigenvalue weighted by Crippen LogP contribution is -2.37. The second-order valence-corrected chi connectivity index (χ2v) is 3.17. The number of hydrogen-bond acceptors (Lipinski definition) is 4. The maximum Gasteiger partial charge on any atom is 0.244 e. The van der Waals surface area contributed by atoms with E-state index in [9.17, 15) is 4.79 Å². The molecular weight excluding hydrogens is 216 g/mol. The number of halogens is 1. The number of carbonyl (C=O) groups excluding carboxylic acids is 1. The Bertz CT molecular complexity index is 304. The molecule has 0 aliphatic carbocycles. The van der Waals surface area contributed by atoms with E-state index in [4.69, 9.17) is 0 Å². The van der Waals surface area contributed by atoms with E-state index in [1.54, 1.807) is 39.5 Å². The molecule has 0 aliphatic rings. The van der Waals surface area contributed by atoms with Crippen LogP contribution in [0.4, 0.5) is 5.95 Å². The average Bonchev–Trinajstić information content (AvgIpc) is 2.18. The van der Waals surface area contributed by atoms with Crippen LogP contribution in [0.15, 0.2) is 18.5 Å². The Morgan fingerprint density at radius 3 is 2.40 bits per heavy atom. The van der Waals surface area contributed by atoms with Gasteiger partial charge in [0.05, 0.1) is 0 Å². The fourth-order valence-corrected chi connectivity index (χ4v) is 1.02. The highest BCUT2D eigenvalue weighted by Crippen LogP contribution is 1.99. The Morgan fingerprint density at radius 2 is 1.93 bits per heavy atom. The minimum atomic E-state index is -0.313. The summed E-state index contributed by atoms with van der Waals surface area (Å²) in [7, 11) is 3.43. The lowest BCUT2D eigenvalue weighted by Gasteiger charge is -2.17. The number of anilines is 1. The topological polar surface area (TPSA) is 58.1 Å². The highest BCUT2D eigenvalue weighted by Gasteiger charge is 2.14. The summed E-state index contributed by atoms with van der Waals surface area (Å²) in [5, 5.41) is 2.91. The number of aromatic nitrogens is 2. The summed E-state index contributed by atoms with van der Waals surface area (Å²) in [6.45, 7) is 1.78. The van der Waals surface area contributed by atoms with Gasteiger partial charge in [0.25, 0.3) is 0 Å². The van der Waals surface area contributed by atoms with E-state index in [0.29, 0.717) is 5.95 Å². The molecule has 1 aromatic heterocycles. The van der Waals surface area contributed by atoms with Crippen LogP contribution in [0, 0.1) is 0 Å². The predicted octanol–water partition coefficient (Wildman–Crippen LogP) is 0.787. The number of nitrogens with zero attached hydrogens (tertiary/aromatic N) is 3. The number of likely N-dealkylation sites (N-methyl/N-ethyl adjacent to an activating group) is 1. The van der Waals surface area contributed by atoms with E-state index >= 15 is 0 Å². The first-order valence-corrected chi connectivity index (χ1v) is 4.36. The first-order chi connectivity index (χ1) is 6.61. The average molecular weight is 231 g/mol. The van der Waals surface area contributed by atoms with Crippen LogP contribution in [0.5, 0.6) is 0 Å². The molecular formula is C9H15ClN4O. The van der Waals surface area contributed by atoms with Gasteiger partial charge in [-0.2, -0.15) is 0 Å². The number of nitrogens with one attached hydrogen (secondary N) is 1. The summed E-state index contributed by atoms with van der Waals surface area (Å²) in [5.74, 6) is 0.465. The molecule has 1 N–H and O–H groups in total. The molecule has 1 rings (SSSR count). The van der Waals surface area contributed by atoms with Gasteiger partial charge in [0.1, 0.15) is 6.04 Å². The molecule has 0 spiro atoms. The zero-order valence-electron chi connectivity index (χ0n) is 8.97. The van der Waals surface area contributed by atoms with Gasteiger partial charge in [-0.25, -0.2) is 9.97 Å². The van der Waals surface area contributed by atoms with E-state index in [1.165, 1.54) is 4.90 Å². The monoisotopic (exact) mass is 230 g/mol. The lowest BCUT2D eigenvalue weighted by atomic mass is 10.3. The first-order valence-electron chi connectivity index (χ1n) is 4.36. The van der Waals surface area contributed by atoms with Crippen LogP contribution in [0.2, 0.25) is 0 Å². The molecule has 0 aliphatic heterocycles. The second kappa shape index (κ2) is 6.19. The Morgan fingerprint density at radius 1 is 1.40 bits per heavy atom. The van der Waals surface area contributed by atoms with E-state index in [2.05, 4.69) is 15.3 Å². The molecule has 1 amide bonds. The standard InChI is InChI=1S/C9H14N4O.ClH/c1-7(8(14)13(2)3)12-9-10-5-4-6-11-9;/h4-7H,1-3H3,(H,10,11,12);1H/t7-;/m1./s1. The zero-order chi connectivity index (χ0) is 10.6. The number of carbonyl (C=O) groups is 1. The van der Waals surface area contributed by atoms with Gasteiger partial charge in [-0.1, -0.05) is 0 Å². The van der Waals surface area contributed by atoms with Crippen molar-refractivity contribution in [3.63, 3.8) is 0 Å². The summed E-state index contributed by atoms with van der Waals surface area (Å²) >= 11 is 0. The Balaban J connectivity index is 0.00000196. The fraction of sp³-hybridized carbons (Fsp3) is 0.444. The van der Waals surface area contributed by atoms with Gasteiger partial charge < -0.3 is 10.2 Å². The van der Waals surface area contributed by atoms with Crippen molar-refractivity contribution in [1.29, 1.82) is 0 Å². The number of amides is 1. The third kappa shape index (κ3) is 4.12. The first kappa shape index (κ1) is 13.6. The van der Waals surface area contributed by atoms with Crippen LogP contribution in [0.1, 0.15) is 6.92 Å². The van der Waals surface area contributed by atoms with Crippen molar-refractivity contribution in [2.45, 2.75) is 13.0 Å². The lowest BCUT2D eigenvalue weighted by molar-refractivity contribution is -0.129. The minimum Gasteiger partial charge on any atom is -0.347 e. The van der Waals surface area contributed by atoms with Gasteiger partial charge in [-0.05, 0) is 13.0 Å². The van der Waals surface area contributed by atoms with Crippen LogP contribution in [0.25, 0.3) is 0 Å². The van der Waals surface area contributed by atoms with Gasteiger partial charge in [-0.3, -0.25) is 4.79 Å². The Kier molecular flexibility index (Phi) is 5.62. The molecule has 0 saturated heterocycles. The highest BCUT2D eigenvalue weighted by molar-refractivity contribution is 5.85. The second-order valence-electron chi connectivity index (χ2n) is 3.17. The van der Waals surface area contributed by atoms with Crippen molar-refractivity contribution < 1.29 is 4.79 Å². The molecule has 0 saturated carbocycles. The minimum absolute atomic E-state index is 0. The molecule has 0 fully saturated rings. The van der Waals surface area contributed by atoms with E-state index < -0.39 is 0 Å². The normalized spacial score (nSPS) is 11.1. The van der Waals surface area contributed by atoms with E-state index in [0.717, 1.165) is 0 Å². The molecule has 0 aromatic carbocycles. The Hall–Kier alpha value is -1.36. The molecule has 0 bridgehead atoms. The third-order valence-corrected chi connectivity index (χ3v) is 1.72. The van der Waals surface area contributed by atoms with Gasteiger partial charge in [-0.15, -0.1) is 12.4 Å². The predicted molar refractivity (Wildman–Crippen MR) is 61.1 cm³/mol. The van der Waals surface area contributed by atoms with Crippen LogP contribution in [0.3, 0.4) is 0 Å². The fourth-order valence-electron chi connectivity index (χ4n) is 1.02. The van der Waals surface area contributed by atoms with Gasteiger partial charge in [0.15, 0.2) is 0 Å². The van der Waals surface area contributed by atoms with Crippen molar-refractivity contribution in [2.24, 2.45) is 0 Å². The molecule has 84 valence electrons. The molecule has 5 nitrogen and oxygen atoms in total. The SMILES string of the molecule is C[C@@H](Nc1ncccn1)C(=O)N(C)C.Cl. The molecule has 0 radical (unpaired) electrons. The zero-order valence-corrected chi connectivity index (χ0v) is 9.78. The van der Waals surface area contributed by atoms with E-state index in [1.807, 2.05) is 0 Å². The van der Waals surface area contributed by atoms with Crippen LogP contribution < -0.4 is 5.32 Å². The molecule has 15 heavy (non-hydrogen) atoms. The quantitative estimate of drug-likeness (QED) is 0.834. The summed E-state index contributed by atoms with van der Waals surface area (Å²) in [6, 6.07) is 1.41. The van der Waals surface area contributed by atoms with Gasteiger partial charge in [0, 0.05) is 26.5 Å². The summed E-state index contributed by atoms with van der Waals surface area (Å²) in [6.07, 6.45) is 3.25. The van der Waals surface area contributed by atoms with Crippen LogP contribution >= 0.6 is 12.4 Å². The Labute approximate surface area is 95.3 Å². The van der Waals surface area contributed by atoms with E-state index in [-0.39, 0.29) is 24.4 Å². The molecule has 1 atom stereocenters. The highest BCUT2D eigenvalue weighted by atomic mass is 35.5. The molecule has 1 aromatic rings. The largest absolute Gasteiger partial charge is 0.347 e. The number of rotatable bonds is 3. The van der Waals surface area contributed by atoms with Crippen LogP contribution in [-0.4, -0.2) is 40.9 Å². The van der Waals surface area contributed by atoms with Crippen molar-refractivity contribution in [2.75, 3.05) is 19.4 Å². The van der Waals surface area contributed by atoms with Crippen LogP contribution in [-0.2, 0) is 4.79 Å². The maximum absolute atomic E-state index is 11.5. The van der Waals surface area contributed by atoms with Crippen molar-refractivity contribution in [3.05, 3.63) is 18.5 Å². The molecule has 6 heteroatoms. The van der Waals surface area contributed by atoms with Gasteiger partial charge in [0.2, 0.25) is 11.9 Å². The van der Waals surface area contributed by atoms with Crippen molar-refractivity contribution >= 4 is 24.3 Å². The van der Waals surface area contributed by atoms with Gasteiger partial charge >= 0.3 is 0 Å². The molecule has 1 heterocycles. The smallest absolute Gasteiger partial charge is 0.244 e. The number of hydrogen-bond donors (Lipinski definition) is 1. The maximum atomic E-state index is 11.5. The summed E-state index contributed by atoms with van der Waals surface area (Å²) in [5.41, 5.74) is 0. The van der Waals surface area contributed by atoms with Crippen molar-refractivity contribution in [1.82, 2.24) is 14.9 Å². The van der Waals surface area contributed by atoms with Crippen molar-refractivity contribution in [3.8, 4) is 0 Å². The molecule has 0 unspecified atom stereocenters. The third-order valence-electron chi connectivity index (χ3n) is 1.72.